The summed E-state index contributed by atoms with van der Waals surface area (Å²) >= 11 is 5.80. The Kier molecular flexibility index (Phi) is 17.8. The maximum absolute atomic E-state index is 12.7. The molecule has 2 aliphatic rings. The maximum Gasteiger partial charge on any atom is 0.340 e. The Morgan fingerprint density at radius 2 is 1.12 bits per heavy atom. The van der Waals surface area contributed by atoms with Crippen molar-refractivity contribution >= 4 is 40.6 Å². The zero-order chi connectivity index (χ0) is 46.0. The van der Waals surface area contributed by atoms with E-state index in [-0.39, 0.29) is 11.9 Å². The predicted molar refractivity (Wildman–Crippen MR) is 251 cm³/mol. The van der Waals surface area contributed by atoms with Crippen LogP contribution in [0.3, 0.4) is 0 Å². The van der Waals surface area contributed by atoms with Gasteiger partial charge in [-0.05, 0) is 80.1 Å². The number of hydrogen-bond acceptors (Lipinski definition) is 15. The lowest BCUT2D eigenvalue weighted by molar-refractivity contribution is 0.0516. The lowest BCUT2D eigenvalue weighted by Gasteiger charge is -2.30. The zero-order valence-corrected chi connectivity index (χ0v) is 37.8. The molecule has 2 N–H and O–H groups in total. The molecule has 2 fully saturated rings. The van der Waals surface area contributed by atoms with Gasteiger partial charge in [-0.1, -0.05) is 41.9 Å². The predicted octanol–water partition coefficient (Wildman–Crippen LogP) is 7.84. The van der Waals surface area contributed by atoms with Gasteiger partial charge in [0.05, 0.1) is 87.8 Å². The Morgan fingerprint density at radius 3 is 1.65 bits per heavy atom. The first-order chi connectivity index (χ1) is 31.7. The molecule has 340 valence electrons. The summed E-state index contributed by atoms with van der Waals surface area (Å²) in [6.07, 6.45) is 3.57. The van der Waals surface area contributed by atoms with Gasteiger partial charge in [-0.25, -0.2) is 29.5 Å². The minimum Gasteiger partial charge on any atom is -0.496 e. The lowest BCUT2D eigenvalue weighted by atomic mass is 10.0. The first kappa shape index (κ1) is 47.7. The van der Waals surface area contributed by atoms with Crippen LogP contribution in [0.5, 0.6) is 11.5 Å². The number of nitrogen functional groups attached to an aromatic ring is 1. The van der Waals surface area contributed by atoms with Gasteiger partial charge >= 0.3 is 11.9 Å². The molecule has 0 unspecified atom stereocenters. The number of aromatic nitrogens is 4. The number of anilines is 3. The van der Waals surface area contributed by atoms with E-state index in [1.807, 2.05) is 85.8 Å². The summed E-state index contributed by atoms with van der Waals surface area (Å²) in [4.78, 5) is 45.8. The highest BCUT2D eigenvalue weighted by Crippen LogP contribution is 2.31. The van der Waals surface area contributed by atoms with Crippen LogP contribution in [0, 0.1) is 0 Å². The summed E-state index contributed by atoms with van der Waals surface area (Å²) in [6.45, 7) is 9.99. The third-order valence-electron chi connectivity index (χ3n) is 10.3. The number of hydrogen-bond donors (Lipinski definition) is 1. The Labute approximate surface area is 384 Å². The van der Waals surface area contributed by atoms with Crippen molar-refractivity contribution in [3.8, 4) is 34.0 Å². The molecule has 16 heteroatoms. The first-order valence-corrected chi connectivity index (χ1v) is 21.7. The summed E-state index contributed by atoms with van der Waals surface area (Å²) in [5.74, 6) is 0.892. The molecule has 15 nitrogen and oxygen atoms in total. The van der Waals surface area contributed by atoms with Gasteiger partial charge in [0.15, 0.2) is 0 Å². The molecule has 0 aliphatic carbocycles. The number of rotatable bonds is 12. The molecule has 4 heterocycles. The molecule has 0 bridgehead atoms. The average molecular weight is 904 g/mol. The van der Waals surface area contributed by atoms with Crippen molar-refractivity contribution in [2.45, 2.75) is 20.3 Å². The summed E-state index contributed by atoms with van der Waals surface area (Å²) in [5, 5.41) is 0.422. The van der Waals surface area contributed by atoms with E-state index in [0.717, 1.165) is 82.8 Å². The van der Waals surface area contributed by atoms with Crippen molar-refractivity contribution in [1.82, 2.24) is 19.9 Å². The monoisotopic (exact) mass is 903 g/mol. The molecule has 0 atom stereocenters. The highest BCUT2D eigenvalue weighted by molar-refractivity contribution is 6.29. The topological polar surface area (TPSA) is 174 Å². The van der Waals surface area contributed by atoms with Crippen LogP contribution in [0.4, 0.5) is 17.1 Å². The van der Waals surface area contributed by atoms with Crippen molar-refractivity contribution in [2.24, 2.45) is 0 Å². The molecule has 0 radical (unpaired) electrons. The Bertz CT molecular complexity index is 2500. The quantitative estimate of drug-likeness (QED) is 0.0714. The van der Waals surface area contributed by atoms with Gasteiger partial charge < -0.3 is 44.0 Å². The Hall–Kier alpha value is -6.81. The molecule has 65 heavy (non-hydrogen) atoms. The van der Waals surface area contributed by atoms with Crippen molar-refractivity contribution < 1.29 is 38.0 Å². The van der Waals surface area contributed by atoms with Gasteiger partial charge in [0.2, 0.25) is 0 Å². The molecule has 2 aromatic heterocycles. The average Bonchev–Trinajstić information content (AvgIpc) is 3.35. The van der Waals surface area contributed by atoms with E-state index >= 15 is 0 Å². The van der Waals surface area contributed by atoms with Gasteiger partial charge in [0, 0.05) is 61.2 Å². The molecule has 2 aliphatic heterocycles. The van der Waals surface area contributed by atoms with Gasteiger partial charge in [0.25, 0.3) is 0 Å². The van der Waals surface area contributed by atoms with E-state index < -0.39 is 0 Å². The minimum atomic E-state index is -0.328. The molecular weight excluding hydrogens is 850 g/mol. The third kappa shape index (κ3) is 13.1. The third-order valence-corrected chi connectivity index (χ3v) is 10.5. The number of esters is 2. The number of carbonyl (C=O) groups is 2. The number of carbonyl (C=O) groups excluding carboxylic acids is 2. The standard InChI is InChI=1S/C25H27N3O4.C13H18N2O3.C11H9ClN2O/c1-3-32-25(29)21-15-18(8-9-23(21)28-10-12-31-13-11-28)14-19-16-22(27-17-26-19)20-6-4-5-7-24(20)30-2;1-2-18-13(16)11-9-10(14)3-4-12(11)15-5-7-17-8-6-15;1-15-10-5-3-2-4-8(10)9-6-11(12)14-7-13-9/h4-9,15-17H,3,10-14H2,1-2H3;3-4,9H,2,5-8,14H2,1H3;2-7H,1H3. The van der Waals surface area contributed by atoms with E-state index in [4.69, 9.17) is 45.8 Å². The fraction of sp³-hybridized carbons (Fsp3) is 0.306. The molecule has 6 aromatic rings. The smallest absolute Gasteiger partial charge is 0.340 e. The Balaban J connectivity index is 0.000000178. The van der Waals surface area contributed by atoms with E-state index in [9.17, 15) is 9.59 Å². The van der Waals surface area contributed by atoms with Crippen LogP contribution in [0.1, 0.15) is 45.8 Å². The van der Waals surface area contributed by atoms with E-state index in [0.29, 0.717) is 68.0 Å². The number of nitrogens with two attached hydrogens (primary N) is 1. The summed E-state index contributed by atoms with van der Waals surface area (Å²) in [5.41, 5.74) is 14.4. The van der Waals surface area contributed by atoms with Crippen LogP contribution in [-0.2, 0) is 25.4 Å². The van der Waals surface area contributed by atoms with Crippen LogP contribution in [0.25, 0.3) is 22.5 Å². The van der Waals surface area contributed by atoms with Crippen LogP contribution in [-0.4, -0.2) is 112 Å². The number of halogens is 1. The van der Waals surface area contributed by atoms with Crippen molar-refractivity contribution in [3.05, 3.63) is 137 Å². The van der Waals surface area contributed by atoms with Crippen molar-refractivity contribution in [1.29, 1.82) is 0 Å². The largest absolute Gasteiger partial charge is 0.496 e. The van der Waals surface area contributed by atoms with Crippen LogP contribution in [0.15, 0.2) is 110 Å². The van der Waals surface area contributed by atoms with Crippen LogP contribution in [0.2, 0.25) is 5.15 Å². The maximum atomic E-state index is 12.7. The second-order valence-electron chi connectivity index (χ2n) is 14.5. The van der Waals surface area contributed by atoms with E-state index in [1.165, 1.54) is 6.33 Å². The molecule has 4 aromatic carbocycles. The van der Waals surface area contributed by atoms with E-state index in [2.05, 4.69) is 29.7 Å². The minimum absolute atomic E-state index is 0.312. The summed E-state index contributed by atoms with van der Waals surface area (Å²) in [6, 6.07) is 30.4. The lowest BCUT2D eigenvalue weighted by Crippen LogP contribution is -2.37. The molecule has 2 saturated heterocycles. The van der Waals surface area contributed by atoms with Gasteiger partial charge in [0.1, 0.15) is 29.3 Å². The highest BCUT2D eigenvalue weighted by Gasteiger charge is 2.22. The van der Waals surface area contributed by atoms with Crippen LogP contribution < -0.4 is 25.0 Å². The molecule has 0 spiro atoms. The summed E-state index contributed by atoms with van der Waals surface area (Å²) < 4.78 is 31.9. The van der Waals surface area contributed by atoms with Gasteiger partial charge in [-0.3, -0.25) is 0 Å². The number of benzene rings is 4. The first-order valence-electron chi connectivity index (χ1n) is 21.3. The van der Waals surface area contributed by atoms with Crippen molar-refractivity contribution in [2.75, 3.05) is 95.6 Å². The molecule has 0 saturated carbocycles. The number of morpholine rings is 2. The molecular formula is C49H54ClN7O8. The Morgan fingerprint density at radius 1 is 0.631 bits per heavy atom. The fourth-order valence-corrected chi connectivity index (χ4v) is 7.34. The zero-order valence-electron chi connectivity index (χ0n) is 37.1. The second kappa shape index (κ2) is 24.3. The normalized spacial score (nSPS) is 13.3. The molecule has 0 amide bonds. The number of para-hydroxylation sites is 2. The highest BCUT2D eigenvalue weighted by atomic mass is 35.5. The number of ether oxygens (including phenoxy) is 6. The second-order valence-corrected chi connectivity index (χ2v) is 14.9. The SMILES string of the molecule is CCOC(=O)c1cc(Cc2cc(-c3ccccc3OC)ncn2)ccc1N1CCOCC1.CCOC(=O)c1cc(N)ccc1N1CCOCC1.COc1ccccc1-c1cc(Cl)ncn1. The van der Waals surface area contributed by atoms with Gasteiger partial charge in [-0.2, -0.15) is 0 Å². The van der Waals surface area contributed by atoms with Crippen molar-refractivity contribution in [3.63, 3.8) is 0 Å². The number of methoxy groups -OCH3 is 2. The molecule has 8 rings (SSSR count). The van der Waals surface area contributed by atoms with Gasteiger partial charge in [-0.15, -0.1) is 0 Å². The summed E-state index contributed by atoms with van der Waals surface area (Å²) in [7, 11) is 3.27. The fourth-order valence-electron chi connectivity index (χ4n) is 7.20. The van der Waals surface area contributed by atoms with Crippen LogP contribution >= 0.6 is 11.6 Å². The number of nitrogens with zero attached hydrogens (tertiary/aromatic N) is 6. The van der Waals surface area contributed by atoms with E-state index in [1.54, 1.807) is 45.7 Å².